The Morgan fingerprint density at radius 1 is 0.971 bits per heavy atom. The van der Waals surface area contributed by atoms with E-state index in [2.05, 4.69) is 27.3 Å². The number of aryl methyl sites for hydroxylation is 1. The maximum atomic E-state index is 11.9. The third-order valence-corrected chi connectivity index (χ3v) is 5.29. The van der Waals surface area contributed by atoms with Crippen LogP contribution in [-0.4, -0.2) is 62.0 Å². The van der Waals surface area contributed by atoms with Crippen LogP contribution in [0.3, 0.4) is 0 Å². The highest BCUT2D eigenvalue weighted by Gasteiger charge is 2.20. The molecule has 0 aliphatic rings. The number of hydrogen-bond donors (Lipinski definition) is 0. The summed E-state index contributed by atoms with van der Waals surface area (Å²) >= 11 is 0. The normalized spacial score (nSPS) is 11.0. The number of carbonyl (C=O) groups excluding carboxylic acids is 2. The van der Waals surface area contributed by atoms with E-state index in [-0.39, 0.29) is 31.7 Å². The molecular formula is C23H38N6O5. The number of methoxy groups -OCH3 is 1. The van der Waals surface area contributed by atoms with Crippen molar-refractivity contribution >= 4 is 11.9 Å². The summed E-state index contributed by atoms with van der Waals surface area (Å²) in [5.74, 6) is -0.776. The highest BCUT2D eigenvalue weighted by Crippen LogP contribution is 2.16. The highest BCUT2D eigenvalue weighted by atomic mass is 16.6. The Balaban J connectivity index is 1.82. The van der Waals surface area contributed by atoms with Crippen LogP contribution in [0.15, 0.2) is 6.20 Å². The van der Waals surface area contributed by atoms with Crippen molar-refractivity contribution in [3.05, 3.63) is 12.0 Å². The molecule has 0 aromatic carbocycles. The maximum absolute atomic E-state index is 11.9. The molecule has 0 saturated carbocycles. The highest BCUT2D eigenvalue weighted by molar-refractivity contribution is 5.85. The minimum absolute atomic E-state index is 0.00585. The summed E-state index contributed by atoms with van der Waals surface area (Å²) in [5.41, 5.74) is 0.485. The molecule has 0 saturated heterocycles. The van der Waals surface area contributed by atoms with Crippen LogP contribution in [0.5, 0.6) is 0 Å². The van der Waals surface area contributed by atoms with E-state index in [1.807, 2.05) is 0 Å². The van der Waals surface area contributed by atoms with Crippen molar-refractivity contribution in [2.75, 3.05) is 20.3 Å². The van der Waals surface area contributed by atoms with Crippen molar-refractivity contribution in [3.8, 4) is 11.5 Å². The van der Waals surface area contributed by atoms with Crippen LogP contribution in [-0.2, 0) is 32.3 Å². The van der Waals surface area contributed by atoms with Crippen molar-refractivity contribution in [2.45, 2.75) is 91.3 Å². The quantitative estimate of drug-likeness (QED) is 0.232. The molecule has 0 aliphatic carbocycles. The first-order valence-corrected chi connectivity index (χ1v) is 12.2. The van der Waals surface area contributed by atoms with Gasteiger partial charge in [0.2, 0.25) is 0 Å². The largest absolute Gasteiger partial charge is 0.463 e. The molecule has 190 valence electrons. The fraction of sp³-hybridized carbons (Fsp3) is 0.739. The molecule has 2 heterocycles. The topological polar surface area (TPSA) is 123 Å². The van der Waals surface area contributed by atoms with Crippen molar-refractivity contribution in [2.24, 2.45) is 0 Å². The first-order valence-electron chi connectivity index (χ1n) is 12.2. The monoisotopic (exact) mass is 478 g/mol. The van der Waals surface area contributed by atoms with Crippen LogP contribution in [0.4, 0.5) is 0 Å². The van der Waals surface area contributed by atoms with Gasteiger partial charge < -0.3 is 14.2 Å². The minimum atomic E-state index is -0.655. The number of nitrogens with zero attached hydrogens (tertiary/aromatic N) is 6. The zero-order valence-corrected chi connectivity index (χ0v) is 20.7. The summed E-state index contributed by atoms with van der Waals surface area (Å²) in [6, 6.07) is 0. The fourth-order valence-electron chi connectivity index (χ4n) is 3.47. The number of rotatable bonds is 18. The van der Waals surface area contributed by atoms with Crippen LogP contribution in [0.1, 0.15) is 88.7 Å². The molecule has 2 aromatic rings. The molecule has 0 unspecified atom stereocenters. The molecule has 0 bridgehead atoms. The van der Waals surface area contributed by atoms with Gasteiger partial charge in [-0.05, 0) is 6.42 Å². The number of aromatic nitrogens is 6. The number of ether oxygens (including phenoxy) is 3. The Bertz CT molecular complexity index is 866. The number of esters is 2. The molecule has 34 heavy (non-hydrogen) atoms. The summed E-state index contributed by atoms with van der Waals surface area (Å²) in [7, 11) is 1.26. The molecule has 2 rings (SSSR count). The Hall–Kier alpha value is -2.82. The van der Waals surface area contributed by atoms with E-state index < -0.39 is 5.97 Å². The van der Waals surface area contributed by atoms with Gasteiger partial charge in [0, 0.05) is 13.5 Å². The third kappa shape index (κ3) is 9.98. The Morgan fingerprint density at radius 2 is 1.65 bits per heavy atom. The lowest BCUT2D eigenvalue weighted by molar-refractivity contribution is -0.142. The molecule has 11 heteroatoms. The Kier molecular flexibility index (Phi) is 12.8. The lowest BCUT2D eigenvalue weighted by Crippen LogP contribution is -2.12. The van der Waals surface area contributed by atoms with Crippen LogP contribution < -0.4 is 0 Å². The first-order chi connectivity index (χ1) is 16.5. The molecule has 0 spiro atoms. The van der Waals surface area contributed by atoms with E-state index in [0.717, 1.165) is 19.4 Å². The van der Waals surface area contributed by atoms with E-state index in [1.54, 1.807) is 10.9 Å². The van der Waals surface area contributed by atoms with Gasteiger partial charge in [-0.15, -0.1) is 10.2 Å². The molecule has 0 atom stereocenters. The second-order valence-corrected chi connectivity index (χ2v) is 8.18. The summed E-state index contributed by atoms with van der Waals surface area (Å²) in [6.07, 6.45) is 14.5. The molecule has 0 amide bonds. The predicted octanol–water partition coefficient (Wildman–Crippen LogP) is 3.78. The minimum Gasteiger partial charge on any atom is -0.463 e. The molecule has 0 radical (unpaired) electrons. The fourth-order valence-corrected chi connectivity index (χ4v) is 3.47. The van der Waals surface area contributed by atoms with E-state index >= 15 is 0 Å². The smallest absolute Gasteiger partial charge is 0.377 e. The van der Waals surface area contributed by atoms with Gasteiger partial charge in [-0.1, -0.05) is 69.9 Å². The van der Waals surface area contributed by atoms with Crippen LogP contribution >= 0.6 is 0 Å². The summed E-state index contributed by atoms with van der Waals surface area (Å²) in [5, 5.41) is 12.5. The van der Waals surface area contributed by atoms with E-state index in [4.69, 9.17) is 14.2 Å². The lowest BCUT2D eigenvalue weighted by Gasteiger charge is -2.06. The second kappa shape index (κ2) is 15.9. The van der Waals surface area contributed by atoms with Crippen molar-refractivity contribution < 1.29 is 23.8 Å². The van der Waals surface area contributed by atoms with Gasteiger partial charge in [-0.25, -0.2) is 9.48 Å². The summed E-state index contributed by atoms with van der Waals surface area (Å²) in [6.45, 7) is 4.65. The molecule has 0 N–H and O–H groups in total. The zero-order chi connectivity index (χ0) is 24.6. The van der Waals surface area contributed by atoms with Gasteiger partial charge in [-0.3, -0.25) is 9.48 Å². The number of hydrogen-bond acceptors (Lipinski definition) is 9. The average molecular weight is 479 g/mol. The second-order valence-electron chi connectivity index (χ2n) is 8.18. The number of carbonyl (C=O) groups is 2. The van der Waals surface area contributed by atoms with Crippen molar-refractivity contribution in [1.82, 2.24) is 29.8 Å². The molecule has 11 nitrogen and oxygen atoms in total. The van der Waals surface area contributed by atoms with Gasteiger partial charge in [0.05, 0.1) is 19.9 Å². The number of unbranched alkanes of at least 4 members (excludes halogenated alkanes) is 9. The molecule has 0 fully saturated rings. The predicted molar refractivity (Wildman–Crippen MR) is 125 cm³/mol. The molecular weight excluding hydrogens is 440 g/mol. The maximum Gasteiger partial charge on any atom is 0.377 e. The van der Waals surface area contributed by atoms with Crippen molar-refractivity contribution in [3.63, 3.8) is 0 Å². The average Bonchev–Trinajstić information content (AvgIpc) is 3.46. The zero-order valence-electron chi connectivity index (χ0n) is 20.7. The summed E-state index contributed by atoms with van der Waals surface area (Å²) in [4.78, 5) is 27.0. The van der Waals surface area contributed by atoms with Gasteiger partial charge in [0.15, 0.2) is 5.82 Å². The van der Waals surface area contributed by atoms with Crippen LogP contribution in [0, 0.1) is 0 Å². The Labute approximate surface area is 201 Å². The standard InChI is InChI=1S/C23H38N6O5/c1-4-5-6-7-8-9-10-11-12-13-14-28-17-20(25-27-28)22-24-21(23(31)32-3)26-29(22)18-33-15-16-34-19(2)30/h17H,4-16,18H2,1-3H3. The van der Waals surface area contributed by atoms with Gasteiger partial charge in [0.25, 0.3) is 5.82 Å². The summed E-state index contributed by atoms with van der Waals surface area (Å²) < 4.78 is 18.2. The molecule has 0 aliphatic heterocycles. The van der Waals surface area contributed by atoms with Gasteiger partial charge in [0.1, 0.15) is 19.0 Å². The molecule has 2 aromatic heterocycles. The van der Waals surface area contributed by atoms with Crippen molar-refractivity contribution in [1.29, 1.82) is 0 Å². The van der Waals surface area contributed by atoms with Gasteiger partial charge >= 0.3 is 11.9 Å². The van der Waals surface area contributed by atoms with E-state index in [1.165, 1.54) is 70.1 Å². The lowest BCUT2D eigenvalue weighted by atomic mass is 10.1. The van der Waals surface area contributed by atoms with Crippen LogP contribution in [0.2, 0.25) is 0 Å². The van der Waals surface area contributed by atoms with E-state index in [0.29, 0.717) is 11.5 Å². The first kappa shape index (κ1) is 27.4. The van der Waals surface area contributed by atoms with E-state index in [9.17, 15) is 9.59 Å². The van der Waals surface area contributed by atoms with Gasteiger partial charge in [-0.2, -0.15) is 4.98 Å². The SMILES string of the molecule is CCCCCCCCCCCCn1cc(-c2nc(C(=O)OC)nn2COCCOC(C)=O)nn1. The third-order valence-electron chi connectivity index (χ3n) is 5.29. The Morgan fingerprint density at radius 3 is 2.29 bits per heavy atom. The van der Waals surface area contributed by atoms with Crippen LogP contribution in [0.25, 0.3) is 11.5 Å².